The van der Waals surface area contributed by atoms with E-state index in [2.05, 4.69) is 5.32 Å². The molecule has 1 heterocycles. The molecule has 1 unspecified atom stereocenters. The maximum atomic E-state index is 11.3. The zero-order valence-electron chi connectivity index (χ0n) is 7.62. The maximum Gasteiger partial charge on any atom is 0.224 e. The summed E-state index contributed by atoms with van der Waals surface area (Å²) in [5.41, 5.74) is 6.44. The van der Waals surface area contributed by atoms with E-state index < -0.39 is 0 Å². The number of thiophene rings is 1. The fraction of sp³-hybridized carbons (Fsp3) is 0.444. The van der Waals surface area contributed by atoms with Crippen molar-refractivity contribution in [1.29, 1.82) is 0 Å². The van der Waals surface area contributed by atoms with Crippen LogP contribution in [0.2, 0.25) is 0 Å². The Kier molecular flexibility index (Phi) is 3.92. The van der Waals surface area contributed by atoms with E-state index in [9.17, 15) is 4.79 Å². The molecule has 0 radical (unpaired) electrons. The van der Waals surface area contributed by atoms with Crippen LogP contribution in [-0.4, -0.2) is 18.5 Å². The van der Waals surface area contributed by atoms with Crippen LogP contribution in [0.3, 0.4) is 0 Å². The van der Waals surface area contributed by atoms with Gasteiger partial charge in [-0.25, -0.2) is 0 Å². The fourth-order valence-corrected chi connectivity index (χ4v) is 1.63. The minimum atomic E-state index is 0.0383. The molecular weight excluding hydrogens is 184 g/mol. The predicted octanol–water partition coefficient (Wildman–Crippen LogP) is 0.754. The molecule has 1 amide bonds. The molecule has 3 nitrogen and oxygen atoms in total. The molecule has 0 aliphatic carbocycles. The van der Waals surface area contributed by atoms with Gasteiger partial charge in [0.2, 0.25) is 5.91 Å². The van der Waals surface area contributed by atoms with Gasteiger partial charge in [0.1, 0.15) is 0 Å². The second-order valence-corrected chi connectivity index (χ2v) is 3.79. The molecule has 3 N–H and O–H groups in total. The van der Waals surface area contributed by atoms with E-state index in [-0.39, 0.29) is 11.9 Å². The topological polar surface area (TPSA) is 55.1 Å². The van der Waals surface area contributed by atoms with Gasteiger partial charge in [-0.3, -0.25) is 4.79 Å². The first-order valence-corrected chi connectivity index (χ1v) is 5.17. The van der Waals surface area contributed by atoms with Gasteiger partial charge >= 0.3 is 0 Å². The third kappa shape index (κ3) is 3.57. The Morgan fingerprint density at radius 1 is 1.77 bits per heavy atom. The van der Waals surface area contributed by atoms with Crippen LogP contribution in [-0.2, 0) is 11.2 Å². The Morgan fingerprint density at radius 2 is 2.54 bits per heavy atom. The molecule has 0 bridgehead atoms. The van der Waals surface area contributed by atoms with Crippen molar-refractivity contribution in [3.63, 3.8) is 0 Å². The monoisotopic (exact) mass is 198 g/mol. The molecule has 0 aliphatic heterocycles. The van der Waals surface area contributed by atoms with Gasteiger partial charge in [-0.2, -0.15) is 11.3 Å². The van der Waals surface area contributed by atoms with E-state index >= 15 is 0 Å². The summed E-state index contributed by atoms with van der Waals surface area (Å²) in [5.74, 6) is 0.0383. The van der Waals surface area contributed by atoms with E-state index in [1.165, 1.54) is 0 Å². The van der Waals surface area contributed by atoms with Crippen LogP contribution in [0.15, 0.2) is 16.8 Å². The van der Waals surface area contributed by atoms with Crippen molar-refractivity contribution >= 4 is 17.2 Å². The highest BCUT2D eigenvalue weighted by Gasteiger charge is 2.06. The van der Waals surface area contributed by atoms with E-state index in [1.54, 1.807) is 11.3 Å². The van der Waals surface area contributed by atoms with Gasteiger partial charge in [-0.15, -0.1) is 0 Å². The van der Waals surface area contributed by atoms with Crippen molar-refractivity contribution in [2.45, 2.75) is 19.4 Å². The molecular formula is C9H14N2OS. The number of carbonyl (C=O) groups excluding carboxylic acids is 1. The molecule has 72 valence electrons. The molecule has 0 aromatic carbocycles. The number of rotatable bonds is 4. The van der Waals surface area contributed by atoms with Crippen molar-refractivity contribution in [3.8, 4) is 0 Å². The van der Waals surface area contributed by atoms with Gasteiger partial charge in [0.05, 0.1) is 6.42 Å². The van der Waals surface area contributed by atoms with Crippen molar-refractivity contribution in [1.82, 2.24) is 5.32 Å². The van der Waals surface area contributed by atoms with Crippen LogP contribution >= 0.6 is 11.3 Å². The van der Waals surface area contributed by atoms with Crippen LogP contribution in [0.4, 0.5) is 0 Å². The van der Waals surface area contributed by atoms with Crippen LogP contribution in [0.25, 0.3) is 0 Å². The summed E-state index contributed by atoms with van der Waals surface area (Å²) < 4.78 is 0. The molecule has 0 aliphatic rings. The van der Waals surface area contributed by atoms with Gasteiger partial charge in [0.25, 0.3) is 0 Å². The normalized spacial score (nSPS) is 12.5. The van der Waals surface area contributed by atoms with Crippen molar-refractivity contribution in [2.75, 3.05) is 6.54 Å². The third-order valence-electron chi connectivity index (χ3n) is 1.71. The van der Waals surface area contributed by atoms with E-state index in [0.29, 0.717) is 13.0 Å². The summed E-state index contributed by atoms with van der Waals surface area (Å²) in [6.45, 7) is 2.38. The molecule has 13 heavy (non-hydrogen) atoms. The smallest absolute Gasteiger partial charge is 0.224 e. The molecule has 0 saturated carbocycles. The Hall–Kier alpha value is -0.870. The lowest BCUT2D eigenvalue weighted by Gasteiger charge is -2.10. The second kappa shape index (κ2) is 4.99. The van der Waals surface area contributed by atoms with Gasteiger partial charge in [-0.05, 0) is 29.3 Å². The highest BCUT2D eigenvalue weighted by molar-refractivity contribution is 7.07. The summed E-state index contributed by atoms with van der Waals surface area (Å²) in [6, 6.07) is 2.02. The Balaban J connectivity index is 2.34. The van der Waals surface area contributed by atoms with E-state index in [1.807, 2.05) is 23.8 Å². The predicted molar refractivity (Wildman–Crippen MR) is 54.7 cm³/mol. The lowest BCUT2D eigenvalue weighted by molar-refractivity contribution is -0.120. The zero-order chi connectivity index (χ0) is 9.68. The molecule has 0 spiro atoms. The molecule has 1 aromatic heterocycles. The van der Waals surface area contributed by atoms with E-state index in [4.69, 9.17) is 5.73 Å². The average molecular weight is 198 g/mol. The standard InChI is InChI=1S/C9H14N2OS/c1-7(5-10)11-9(12)4-8-2-3-13-6-8/h2-3,6-7H,4-5,10H2,1H3,(H,11,12). The summed E-state index contributed by atoms with van der Waals surface area (Å²) in [5, 5.41) is 6.75. The lowest BCUT2D eigenvalue weighted by Crippen LogP contribution is -2.38. The Morgan fingerprint density at radius 3 is 3.08 bits per heavy atom. The minimum Gasteiger partial charge on any atom is -0.352 e. The minimum absolute atomic E-state index is 0.0383. The van der Waals surface area contributed by atoms with Crippen LogP contribution in [0.1, 0.15) is 12.5 Å². The molecule has 1 atom stereocenters. The summed E-state index contributed by atoms with van der Waals surface area (Å²) >= 11 is 1.60. The number of hydrogen-bond acceptors (Lipinski definition) is 3. The first-order chi connectivity index (χ1) is 6.22. The fourth-order valence-electron chi connectivity index (χ4n) is 0.963. The van der Waals surface area contributed by atoms with Crippen molar-refractivity contribution in [2.24, 2.45) is 5.73 Å². The quantitative estimate of drug-likeness (QED) is 0.750. The number of nitrogens with one attached hydrogen (secondary N) is 1. The summed E-state index contributed by atoms with van der Waals surface area (Å²) in [6.07, 6.45) is 0.452. The number of nitrogens with two attached hydrogens (primary N) is 1. The van der Waals surface area contributed by atoms with Crippen molar-refractivity contribution in [3.05, 3.63) is 22.4 Å². The van der Waals surface area contributed by atoms with Crippen LogP contribution < -0.4 is 11.1 Å². The third-order valence-corrected chi connectivity index (χ3v) is 2.44. The van der Waals surface area contributed by atoms with Crippen LogP contribution in [0, 0.1) is 0 Å². The first-order valence-electron chi connectivity index (χ1n) is 4.23. The Labute approximate surface area is 81.9 Å². The zero-order valence-corrected chi connectivity index (χ0v) is 8.43. The largest absolute Gasteiger partial charge is 0.352 e. The molecule has 1 rings (SSSR count). The number of carbonyl (C=O) groups is 1. The highest BCUT2D eigenvalue weighted by Crippen LogP contribution is 2.06. The molecule has 0 fully saturated rings. The average Bonchev–Trinajstić information content (AvgIpc) is 2.56. The van der Waals surface area contributed by atoms with Gasteiger partial charge in [-0.1, -0.05) is 0 Å². The second-order valence-electron chi connectivity index (χ2n) is 3.01. The maximum absolute atomic E-state index is 11.3. The number of amides is 1. The first kappa shape index (κ1) is 10.2. The molecule has 0 saturated heterocycles. The van der Waals surface area contributed by atoms with Gasteiger partial charge in [0, 0.05) is 12.6 Å². The Bertz CT molecular complexity index is 259. The summed E-state index contributed by atoms with van der Waals surface area (Å²) in [4.78, 5) is 11.3. The van der Waals surface area contributed by atoms with Crippen LogP contribution in [0.5, 0.6) is 0 Å². The highest BCUT2D eigenvalue weighted by atomic mass is 32.1. The van der Waals surface area contributed by atoms with Gasteiger partial charge < -0.3 is 11.1 Å². The molecule has 4 heteroatoms. The summed E-state index contributed by atoms with van der Waals surface area (Å²) in [7, 11) is 0. The van der Waals surface area contributed by atoms with Gasteiger partial charge in [0.15, 0.2) is 0 Å². The van der Waals surface area contributed by atoms with E-state index in [0.717, 1.165) is 5.56 Å². The lowest BCUT2D eigenvalue weighted by atomic mass is 10.2. The number of hydrogen-bond donors (Lipinski definition) is 2. The SMILES string of the molecule is CC(CN)NC(=O)Cc1ccsc1. The molecule has 1 aromatic rings. The van der Waals surface area contributed by atoms with Crippen molar-refractivity contribution < 1.29 is 4.79 Å².